The van der Waals surface area contributed by atoms with Gasteiger partial charge in [-0.05, 0) is 78.6 Å². The molecule has 47 heavy (non-hydrogen) atoms. The van der Waals surface area contributed by atoms with E-state index in [1.807, 2.05) is 0 Å². The van der Waals surface area contributed by atoms with Gasteiger partial charge in [0.2, 0.25) is 0 Å². The molecule has 3 amide bonds. The summed E-state index contributed by atoms with van der Waals surface area (Å²) in [5, 5.41) is 26.4. The van der Waals surface area contributed by atoms with Crippen molar-refractivity contribution in [3.63, 3.8) is 0 Å². The summed E-state index contributed by atoms with van der Waals surface area (Å²) in [4.78, 5) is 53.0. The lowest BCUT2D eigenvalue weighted by Crippen LogP contribution is -2.50. The van der Waals surface area contributed by atoms with E-state index in [0.717, 1.165) is 32.7 Å². The highest BCUT2D eigenvalue weighted by Gasteiger charge is 2.39. The molecule has 1 aromatic carbocycles. The molecule has 3 atom stereocenters. The van der Waals surface area contributed by atoms with Crippen molar-refractivity contribution in [2.75, 3.05) is 45.9 Å². The van der Waals surface area contributed by atoms with Crippen LogP contribution in [-0.2, 0) is 25.4 Å². The number of hydrogen-bond donors (Lipinski definition) is 5. The Kier molecular flexibility index (Phi) is 13.2. The van der Waals surface area contributed by atoms with E-state index in [1.54, 1.807) is 65.8 Å². The SMILES string of the molecule is CC(C)(C)OC(=O)NC(=N)C(CCCN1CCNCC1)N1CC(COc2ccc(CC(NC(=O)OC(C)(C)C)C(=O)O)cc2)OC1=O. The highest BCUT2D eigenvalue weighted by molar-refractivity contribution is 5.98. The first-order chi connectivity index (χ1) is 22.0. The molecule has 2 aliphatic heterocycles. The van der Waals surface area contributed by atoms with E-state index >= 15 is 0 Å². The molecule has 15 heteroatoms. The molecule has 1 aromatic rings. The van der Waals surface area contributed by atoms with Crippen molar-refractivity contribution in [3.8, 4) is 5.75 Å². The largest absolute Gasteiger partial charge is 0.490 e. The second kappa shape index (κ2) is 16.6. The Bertz CT molecular complexity index is 1240. The minimum absolute atomic E-state index is 0.0311. The van der Waals surface area contributed by atoms with Crippen LogP contribution in [0.4, 0.5) is 14.4 Å². The van der Waals surface area contributed by atoms with Gasteiger partial charge in [-0.25, -0.2) is 19.2 Å². The van der Waals surface area contributed by atoms with E-state index in [4.69, 9.17) is 24.4 Å². The maximum atomic E-state index is 13.0. The first-order valence-electron chi connectivity index (χ1n) is 15.9. The minimum Gasteiger partial charge on any atom is -0.490 e. The Hall–Kier alpha value is -4.11. The molecule has 2 fully saturated rings. The van der Waals surface area contributed by atoms with Crippen LogP contribution in [0.15, 0.2) is 24.3 Å². The van der Waals surface area contributed by atoms with E-state index in [9.17, 15) is 24.3 Å². The molecule has 0 saturated carbocycles. The molecule has 5 N–H and O–H groups in total. The number of benzene rings is 1. The van der Waals surface area contributed by atoms with Gasteiger partial charge < -0.3 is 39.6 Å². The van der Waals surface area contributed by atoms with Crippen LogP contribution >= 0.6 is 0 Å². The van der Waals surface area contributed by atoms with Crippen LogP contribution in [0.2, 0.25) is 0 Å². The number of amidine groups is 1. The summed E-state index contributed by atoms with van der Waals surface area (Å²) in [7, 11) is 0. The van der Waals surface area contributed by atoms with Crippen molar-refractivity contribution in [2.24, 2.45) is 0 Å². The van der Waals surface area contributed by atoms with Gasteiger partial charge >= 0.3 is 24.2 Å². The summed E-state index contributed by atoms with van der Waals surface area (Å²) < 4.78 is 21.9. The van der Waals surface area contributed by atoms with Crippen molar-refractivity contribution in [2.45, 2.75) is 90.2 Å². The van der Waals surface area contributed by atoms with Crippen LogP contribution in [0.25, 0.3) is 0 Å². The van der Waals surface area contributed by atoms with E-state index in [0.29, 0.717) is 24.2 Å². The van der Waals surface area contributed by atoms with Crippen LogP contribution in [-0.4, -0.2) is 120 Å². The number of nitrogens with one attached hydrogen (secondary N) is 4. The number of nitrogens with zero attached hydrogens (tertiary/aromatic N) is 2. The molecular weight excluding hydrogens is 612 g/mol. The zero-order valence-corrected chi connectivity index (χ0v) is 28.2. The number of carbonyl (C=O) groups is 4. The van der Waals surface area contributed by atoms with Crippen LogP contribution in [0.5, 0.6) is 5.75 Å². The lowest BCUT2D eigenvalue weighted by molar-refractivity contribution is -0.139. The second-order valence-electron chi connectivity index (χ2n) is 13.6. The molecule has 2 aliphatic rings. The number of amides is 3. The first-order valence-corrected chi connectivity index (χ1v) is 15.9. The van der Waals surface area contributed by atoms with Crippen molar-refractivity contribution >= 4 is 30.1 Å². The maximum absolute atomic E-state index is 13.0. The predicted octanol–water partition coefficient (Wildman–Crippen LogP) is 2.96. The van der Waals surface area contributed by atoms with Crippen LogP contribution in [0, 0.1) is 5.41 Å². The summed E-state index contributed by atoms with van der Waals surface area (Å²) in [6.45, 7) is 14.9. The molecule has 3 rings (SSSR count). The van der Waals surface area contributed by atoms with E-state index in [-0.39, 0.29) is 25.4 Å². The molecule has 0 bridgehead atoms. The average Bonchev–Trinajstić information content (AvgIpc) is 3.32. The molecule has 0 aliphatic carbocycles. The molecule has 2 saturated heterocycles. The summed E-state index contributed by atoms with van der Waals surface area (Å²) in [5.41, 5.74) is -0.856. The lowest BCUT2D eigenvalue weighted by atomic mass is 10.1. The number of rotatable bonds is 13. The quantitative estimate of drug-likeness (QED) is 0.119. The normalized spacial score (nSPS) is 18.5. The van der Waals surface area contributed by atoms with Gasteiger partial charge in [0.15, 0.2) is 6.10 Å². The van der Waals surface area contributed by atoms with E-state index < -0.39 is 53.6 Å². The third kappa shape index (κ3) is 13.3. The molecule has 2 heterocycles. The first kappa shape index (κ1) is 37.3. The number of ether oxygens (including phenoxy) is 4. The highest BCUT2D eigenvalue weighted by Crippen LogP contribution is 2.21. The highest BCUT2D eigenvalue weighted by atomic mass is 16.6. The Morgan fingerprint density at radius 1 is 1.04 bits per heavy atom. The van der Waals surface area contributed by atoms with Gasteiger partial charge in [-0.3, -0.25) is 15.6 Å². The third-order valence-corrected chi connectivity index (χ3v) is 7.20. The summed E-state index contributed by atoms with van der Waals surface area (Å²) in [5.74, 6) is -0.864. The van der Waals surface area contributed by atoms with Gasteiger partial charge in [0.25, 0.3) is 0 Å². The smallest absolute Gasteiger partial charge is 0.413 e. The van der Waals surface area contributed by atoms with Gasteiger partial charge in [0.1, 0.15) is 35.4 Å². The number of alkyl carbamates (subject to hydrolysis) is 2. The van der Waals surface area contributed by atoms with Gasteiger partial charge in [-0.2, -0.15) is 0 Å². The van der Waals surface area contributed by atoms with Crippen LogP contribution < -0.4 is 20.7 Å². The number of carbonyl (C=O) groups excluding carboxylic acids is 3. The monoisotopic (exact) mass is 662 g/mol. The second-order valence-corrected chi connectivity index (χ2v) is 13.6. The number of piperazine rings is 1. The molecule has 0 radical (unpaired) electrons. The molecule has 15 nitrogen and oxygen atoms in total. The van der Waals surface area contributed by atoms with Crippen molar-refractivity contribution in [1.82, 2.24) is 25.8 Å². The van der Waals surface area contributed by atoms with E-state index in [1.165, 1.54) is 4.90 Å². The molecule has 0 spiro atoms. The minimum atomic E-state index is -1.19. The van der Waals surface area contributed by atoms with Gasteiger partial charge in [0, 0.05) is 32.6 Å². The van der Waals surface area contributed by atoms with Gasteiger partial charge in [-0.1, -0.05) is 12.1 Å². The Morgan fingerprint density at radius 2 is 1.66 bits per heavy atom. The Labute approximate surface area is 276 Å². The summed E-state index contributed by atoms with van der Waals surface area (Å²) in [6, 6.07) is 4.79. The standard InChI is InChI=1S/C32H50N6O9/c1-31(2,3)46-28(41)35-24(27(39)40)18-21-9-11-22(12-10-21)44-20-23-19-38(30(43)45-23)25(8-7-15-37-16-13-34-14-17-37)26(33)36-29(42)47-32(4,5)6/h9-12,23-25,34H,7-8,13-20H2,1-6H3,(H,35,41)(H,39,40)(H2,33,36,42). The molecular formula is C32H50N6O9. The summed E-state index contributed by atoms with van der Waals surface area (Å²) in [6.07, 6.45) is -1.62. The Balaban J connectivity index is 1.57. The number of carboxylic acids is 1. The number of aliphatic carboxylic acids is 1. The average molecular weight is 663 g/mol. The maximum Gasteiger partial charge on any atom is 0.413 e. The number of hydrogen-bond acceptors (Lipinski definition) is 11. The van der Waals surface area contributed by atoms with Crippen molar-refractivity contribution in [3.05, 3.63) is 29.8 Å². The zero-order chi connectivity index (χ0) is 34.8. The van der Waals surface area contributed by atoms with Gasteiger partial charge in [0.05, 0.1) is 12.6 Å². The fraction of sp³-hybridized carbons (Fsp3) is 0.656. The zero-order valence-electron chi connectivity index (χ0n) is 28.2. The van der Waals surface area contributed by atoms with Crippen LogP contribution in [0.1, 0.15) is 59.9 Å². The number of cyclic esters (lactones) is 1. The fourth-order valence-electron chi connectivity index (χ4n) is 5.08. The topological polar surface area (TPSA) is 192 Å². The van der Waals surface area contributed by atoms with Gasteiger partial charge in [-0.15, -0.1) is 0 Å². The predicted molar refractivity (Wildman–Crippen MR) is 173 cm³/mol. The third-order valence-electron chi connectivity index (χ3n) is 7.20. The Morgan fingerprint density at radius 3 is 2.26 bits per heavy atom. The van der Waals surface area contributed by atoms with Crippen molar-refractivity contribution < 1.29 is 43.2 Å². The molecule has 0 aromatic heterocycles. The summed E-state index contributed by atoms with van der Waals surface area (Å²) >= 11 is 0. The van der Waals surface area contributed by atoms with E-state index in [2.05, 4.69) is 20.9 Å². The molecule has 262 valence electrons. The fourth-order valence-corrected chi connectivity index (χ4v) is 5.08. The number of carboxylic acid groups (broad SMARTS) is 1. The van der Waals surface area contributed by atoms with Crippen LogP contribution in [0.3, 0.4) is 0 Å². The lowest BCUT2D eigenvalue weighted by Gasteiger charge is -2.30. The molecule has 3 unspecified atom stereocenters. The van der Waals surface area contributed by atoms with Crippen molar-refractivity contribution in [1.29, 1.82) is 5.41 Å².